The summed E-state index contributed by atoms with van der Waals surface area (Å²) in [5.41, 5.74) is 0.645. The van der Waals surface area contributed by atoms with Crippen molar-refractivity contribution in [3.63, 3.8) is 0 Å². The van der Waals surface area contributed by atoms with Crippen LogP contribution in [0.25, 0.3) is 0 Å². The van der Waals surface area contributed by atoms with Crippen molar-refractivity contribution in [1.29, 1.82) is 0 Å². The molecule has 0 aliphatic heterocycles. The average Bonchev–Trinajstić information content (AvgIpc) is 2.48. The van der Waals surface area contributed by atoms with Crippen LogP contribution in [0.1, 0.15) is 38.2 Å². The number of aliphatic hydroxyl groups excluding tert-OH is 1. The summed E-state index contributed by atoms with van der Waals surface area (Å²) >= 11 is 0. The molecule has 1 aromatic carbocycles. The molecule has 0 aromatic heterocycles. The van der Waals surface area contributed by atoms with E-state index in [-0.39, 0.29) is 11.5 Å². The molecular formula is C16H23NO3S. The number of hydrogen-bond donors (Lipinski definition) is 1. The van der Waals surface area contributed by atoms with Gasteiger partial charge in [0.15, 0.2) is 0 Å². The van der Waals surface area contributed by atoms with Gasteiger partial charge in [0.05, 0.1) is 11.5 Å². The molecule has 1 aromatic rings. The summed E-state index contributed by atoms with van der Waals surface area (Å²) in [4.78, 5) is 0.261. The van der Waals surface area contributed by atoms with E-state index in [1.165, 1.54) is 4.31 Å². The number of benzene rings is 1. The first-order chi connectivity index (χ1) is 10.0. The molecule has 0 aliphatic carbocycles. The van der Waals surface area contributed by atoms with Crippen molar-refractivity contribution in [3.05, 3.63) is 29.8 Å². The highest BCUT2D eigenvalue weighted by Gasteiger charge is 2.20. The molecule has 0 radical (unpaired) electrons. The Morgan fingerprint density at radius 2 is 2.05 bits per heavy atom. The van der Waals surface area contributed by atoms with Gasteiger partial charge in [-0.15, -0.1) is 0 Å². The molecule has 0 amide bonds. The summed E-state index contributed by atoms with van der Waals surface area (Å²) in [6, 6.07) is 6.62. The number of hydrogen-bond acceptors (Lipinski definition) is 3. The van der Waals surface area contributed by atoms with Gasteiger partial charge in [-0.05, 0) is 24.6 Å². The number of rotatable bonds is 7. The van der Waals surface area contributed by atoms with Gasteiger partial charge < -0.3 is 5.11 Å². The van der Waals surface area contributed by atoms with Crippen molar-refractivity contribution < 1.29 is 13.5 Å². The van der Waals surface area contributed by atoms with Crippen LogP contribution >= 0.6 is 0 Å². The van der Waals surface area contributed by atoms with E-state index in [4.69, 9.17) is 5.11 Å². The Bertz CT molecular complexity index is 599. The third-order valence-electron chi connectivity index (χ3n) is 3.09. The molecule has 5 heteroatoms. The van der Waals surface area contributed by atoms with E-state index in [0.29, 0.717) is 18.5 Å². The van der Waals surface area contributed by atoms with E-state index >= 15 is 0 Å². The van der Waals surface area contributed by atoms with E-state index in [1.54, 1.807) is 31.3 Å². The lowest BCUT2D eigenvalue weighted by molar-refractivity contribution is 0.305. The Balaban J connectivity index is 2.88. The third kappa shape index (κ3) is 5.50. The van der Waals surface area contributed by atoms with E-state index in [0.717, 1.165) is 19.3 Å². The largest absolute Gasteiger partial charge is 0.395 e. The normalized spacial score (nSPS) is 11.2. The van der Waals surface area contributed by atoms with E-state index in [2.05, 4.69) is 18.8 Å². The SMILES string of the molecule is CCCCCN(C)S(=O)(=O)c1cccc(C#CCCO)c1. The van der Waals surface area contributed by atoms with Gasteiger partial charge in [0, 0.05) is 25.6 Å². The minimum absolute atomic E-state index is 0.00511. The van der Waals surface area contributed by atoms with E-state index in [9.17, 15) is 8.42 Å². The van der Waals surface area contributed by atoms with Crippen LogP contribution in [0.5, 0.6) is 0 Å². The second-order valence-electron chi connectivity index (χ2n) is 4.84. The molecule has 0 bridgehead atoms. The standard InChI is InChI=1S/C16H23NO3S/c1-3-4-6-12-17(2)21(19,20)16-11-8-10-15(14-16)9-5-7-13-18/h8,10-11,14,18H,3-4,6-7,12-13H2,1-2H3. The highest BCUT2D eigenvalue weighted by atomic mass is 32.2. The lowest BCUT2D eigenvalue weighted by Gasteiger charge is -2.17. The predicted octanol–water partition coefficient (Wildman–Crippen LogP) is 2.23. The maximum Gasteiger partial charge on any atom is 0.242 e. The van der Waals surface area contributed by atoms with Gasteiger partial charge in [0.25, 0.3) is 0 Å². The van der Waals surface area contributed by atoms with Crippen LogP contribution in [0.15, 0.2) is 29.2 Å². The maximum atomic E-state index is 12.4. The molecular weight excluding hydrogens is 286 g/mol. The molecule has 0 saturated heterocycles. The van der Waals surface area contributed by atoms with Crippen LogP contribution in [0.2, 0.25) is 0 Å². The Hall–Kier alpha value is -1.35. The Labute approximate surface area is 127 Å². The van der Waals surface area contributed by atoms with Gasteiger partial charge in [0.2, 0.25) is 10.0 Å². The van der Waals surface area contributed by atoms with Crippen LogP contribution in [0, 0.1) is 11.8 Å². The van der Waals surface area contributed by atoms with Crippen LogP contribution in [0.4, 0.5) is 0 Å². The summed E-state index contributed by atoms with van der Waals surface area (Å²) in [5.74, 6) is 5.65. The summed E-state index contributed by atoms with van der Waals surface area (Å²) < 4.78 is 26.3. The van der Waals surface area contributed by atoms with Crippen molar-refractivity contribution >= 4 is 10.0 Å². The van der Waals surface area contributed by atoms with E-state index < -0.39 is 10.0 Å². The molecule has 21 heavy (non-hydrogen) atoms. The summed E-state index contributed by atoms with van der Waals surface area (Å²) in [6.45, 7) is 2.62. The van der Waals surface area contributed by atoms with Gasteiger partial charge in [0.1, 0.15) is 0 Å². The zero-order chi connectivity index (χ0) is 15.7. The molecule has 0 unspecified atom stereocenters. The molecule has 0 spiro atoms. The van der Waals surface area contributed by atoms with Gasteiger partial charge in [-0.1, -0.05) is 37.7 Å². The number of sulfonamides is 1. The first-order valence-corrected chi connectivity index (χ1v) is 8.62. The summed E-state index contributed by atoms with van der Waals surface area (Å²) in [7, 11) is -1.85. The van der Waals surface area contributed by atoms with Crippen molar-refractivity contribution in [3.8, 4) is 11.8 Å². The fraction of sp³-hybridized carbons (Fsp3) is 0.500. The number of unbranched alkanes of at least 4 members (excludes halogenated alkanes) is 2. The molecule has 1 rings (SSSR count). The van der Waals surface area contributed by atoms with Crippen LogP contribution < -0.4 is 0 Å². The Kier molecular flexibility index (Phi) is 7.44. The molecule has 116 valence electrons. The van der Waals surface area contributed by atoms with Gasteiger partial charge in [-0.3, -0.25) is 0 Å². The molecule has 0 aliphatic rings. The van der Waals surface area contributed by atoms with Crippen molar-refractivity contribution in [2.24, 2.45) is 0 Å². The average molecular weight is 309 g/mol. The van der Waals surface area contributed by atoms with Gasteiger partial charge in [-0.25, -0.2) is 12.7 Å². The van der Waals surface area contributed by atoms with Gasteiger partial charge >= 0.3 is 0 Å². The van der Waals surface area contributed by atoms with Gasteiger partial charge in [-0.2, -0.15) is 0 Å². The Morgan fingerprint density at radius 1 is 1.29 bits per heavy atom. The predicted molar refractivity (Wildman–Crippen MR) is 84.4 cm³/mol. The molecule has 0 heterocycles. The lowest BCUT2D eigenvalue weighted by Crippen LogP contribution is -2.28. The minimum atomic E-state index is -3.46. The highest BCUT2D eigenvalue weighted by molar-refractivity contribution is 7.89. The molecule has 4 nitrogen and oxygen atoms in total. The fourth-order valence-corrected chi connectivity index (χ4v) is 3.10. The molecule has 0 fully saturated rings. The second kappa shape index (κ2) is 8.83. The quantitative estimate of drug-likeness (QED) is 0.621. The van der Waals surface area contributed by atoms with Crippen LogP contribution in [-0.4, -0.2) is 38.0 Å². The fourth-order valence-electron chi connectivity index (χ4n) is 1.84. The first kappa shape index (κ1) is 17.7. The second-order valence-corrected chi connectivity index (χ2v) is 6.88. The monoisotopic (exact) mass is 309 g/mol. The van der Waals surface area contributed by atoms with Crippen molar-refractivity contribution in [1.82, 2.24) is 4.31 Å². The number of nitrogens with zero attached hydrogens (tertiary/aromatic N) is 1. The Morgan fingerprint density at radius 3 is 2.71 bits per heavy atom. The van der Waals surface area contributed by atoms with Crippen LogP contribution in [0.3, 0.4) is 0 Å². The smallest absolute Gasteiger partial charge is 0.242 e. The van der Waals surface area contributed by atoms with Crippen LogP contribution in [-0.2, 0) is 10.0 Å². The zero-order valence-electron chi connectivity index (χ0n) is 12.7. The zero-order valence-corrected chi connectivity index (χ0v) is 13.5. The first-order valence-electron chi connectivity index (χ1n) is 7.18. The van der Waals surface area contributed by atoms with E-state index in [1.807, 2.05) is 0 Å². The van der Waals surface area contributed by atoms with Crippen molar-refractivity contribution in [2.75, 3.05) is 20.2 Å². The topological polar surface area (TPSA) is 57.6 Å². The molecule has 0 saturated carbocycles. The molecule has 1 N–H and O–H groups in total. The highest BCUT2D eigenvalue weighted by Crippen LogP contribution is 2.16. The maximum absolute atomic E-state index is 12.4. The third-order valence-corrected chi connectivity index (χ3v) is 4.94. The molecule has 0 atom stereocenters. The number of aliphatic hydroxyl groups is 1. The lowest BCUT2D eigenvalue weighted by atomic mass is 10.2. The van der Waals surface area contributed by atoms with Crippen molar-refractivity contribution in [2.45, 2.75) is 37.5 Å². The summed E-state index contributed by atoms with van der Waals surface area (Å²) in [5, 5.41) is 8.70. The minimum Gasteiger partial charge on any atom is -0.395 e. The summed E-state index contributed by atoms with van der Waals surface area (Å²) in [6.07, 6.45) is 3.33.